The standard InChI is InChI=1S/C15H25NO4/c1-9(14(19)20-15(2,3)4)8-10(16)13-11(17)6-5-7-12(13)18/h9-10,13H,5-8,16H2,1-4H3/t9?,10-/m0/s1. The van der Waals surface area contributed by atoms with Crippen LogP contribution in [-0.2, 0) is 19.1 Å². The fraction of sp³-hybridized carbons (Fsp3) is 0.800. The van der Waals surface area contributed by atoms with E-state index in [9.17, 15) is 14.4 Å². The van der Waals surface area contributed by atoms with Gasteiger partial charge in [0.1, 0.15) is 17.2 Å². The number of hydrogen-bond acceptors (Lipinski definition) is 5. The summed E-state index contributed by atoms with van der Waals surface area (Å²) in [7, 11) is 0. The third kappa shape index (κ3) is 4.71. The number of Topliss-reactive ketones (excluding diaryl/α,β-unsaturated/α-hetero) is 2. The van der Waals surface area contributed by atoms with E-state index in [0.717, 1.165) is 0 Å². The van der Waals surface area contributed by atoms with Gasteiger partial charge in [0.25, 0.3) is 0 Å². The fourth-order valence-corrected chi connectivity index (χ4v) is 2.45. The van der Waals surface area contributed by atoms with E-state index in [1.807, 2.05) is 0 Å². The van der Waals surface area contributed by atoms with Crippen LogP contribution >= 0.6 is 0 Å². The molecule has 1 aliphatic carbocycles. The molecule has 0 aliphatic heterocycles. The van der Waals surface area contributed by atoms with Crippen molar-refractivity contribution in [2.45, 2.75) is 65.0 Å². The molecule has 2 N–H and O–H groups in total. The van der Waals surface area contributed by atoms with E-state index in [-0.39, 0.29) is 24.0 Å². The SMILES string of the molecule is CC(C[C@H](N)C1C(=O)CCCC1=O)C(=O)OC(C)(C)C. The van der Waals surface area contributed by atoms with Crippen molar-refractivity contribution in [3.8, 4) is 0 Å². The summed E-state index contributed by atoms with van der Waals surface area (Å²) in [5.41, 5.74) is 5.43. The van der Waals surface area contributed by atoms with Gasteiger partial charge in [-0.1, -0.05) is 6.92 Å². The Morgan fingerprint density at radius 1 is 1.30 bits per heavy atom. The third-order valence-corrected chi connectivity index (χ3v) is 3.40. The first-order chi connectivity index (χ1) is 9.11. The van der Waals surface area contributed by atoms with Gasteiger partial charge in [0.05, 0.1) is 11.8 Å². The molecule has 0 radical (unpaired) electrons. The van der Waals surface area contributed by atoms with E-state index in [4.69, 9.17) is 10.5 Å². The molecule has 5 heteroatoms. The molecule has 0 aromatic carbocycles. The number of carbonyl (C=O) groups is 3. The largest absolute Gasteiger partial charge is 0.460 e. The van der Waals surface area contributed by atoms with Crippen LogP contribution in [0.4, 0.5) is 0 Å². The van der Waals surface area contributed by atoms with Gasteiger partial charge in [0, 0.05) is 18.9 Å². The minimum atomic E-state index is -0.742. The Labute approximate surface area is 120 Å². The number of rotatable bonds is 4. The summed E-state index contributed by atoms with van der Waals surface area (Å²) in [5, 5.41) is 0. The molecule has 0 saturated heterocycles. The summed E-state index contributed by atoms with van der Waals surface area (Å²) >= 11 is 0. The lowest BCUT2D eigenvalue weighted by atomic mass is 9.79. The zero-order valence-corrected chi connectivity index (χ0v) is 12.8. The van der Waals surface area contributed by atoms with Crippen LogP contribution < -0.4 is 5.73 Å². The predicted octanol–water partition coefficient (Wildman–Crippen LogP) is 1.62. The monoisotopic (exact) mass is 283 g/mol. The van der Waals surface area contributed by atoms with Crippen molar-refractivity contribution in [3.63, 3.8) is 0 Å². The highest BCUT2D eigenvalue weighted by molar-refractivity contribution is 6.05. The first kappa shape index (κ1) is 16.8. The van der Waals surface area contributed by atoms with E-state index < -0.39 is 23.5 Å². The molecule has 20 heavy (non-hydrogen) atoms. The summed E-state index contributed by atoms with van der Waals surface area (Å²) in [6.07, 6.45) is 1.72. The second kappa shape index (κ2) is 6.48. The average Bonchev–Trinajstić information content (AvgIpc) is 2.26. The van der Waals surface area contributed by atoms with Crippen LogP contribution in [0.1, 0.15) is 53.4 Å². The van der Waals surface area contributed by atoms with Crippen LogP contribution in [-0.4, -0.2) is 29.2 Å². The molecular weight excluding hydrogens is 258 g/mol. The maximum Gasteiger partial charge on any atom is 0.309 e. The molecule has 0 bridgehead atoms. The Hall–Kier alpha value is -1.23. The van der Waals surface area contributed by atoms with Gasteiger partial charge < -0.3 is 10.5 Å². The van der Waals surface area contributed by atoms with Crippen LogP contribution in [0.2, 0.25) is 0 Å². The van der Waals surface area contributed by atoms with Crippen molar-refractivity contribution < 1.29 is 19.1 Å². The maximum atomic E-state index is 11.9. The number of ketones is 2. The van der Waals surface area contributed by atoms with Gasteiger partial charge in [-0.3, -0.25) is 14.4 Å². The Morgan fingerprint density at radius 3 is 2.25 bits per heavy atom. The summed E-state index contributed by atoms with van der Waals surface area (Å²) in [6.45, 7) is 7.11. The molecule has 0 heterocycles. The fourth-order valence-electron chi connectivity index (χ4n) is 2.45. The second-order valence-electron chi connectivity index (χ2n) is 6.60. The highest BCUT2D eigenvalue weighted by atomic mass is 16.6. The zero-order valence-electron chi connectivity index (χ0n) is 12.8. The lowest BCUT2D eigenvalue weighted by Crippen LogP contribution is -2.44. The molecule has 1 aliphatic rings. The molecule has 1 saturated carbocycles. The number of ether oxygens (including phenoxy) is 1. The lowest BCUT2D eigenvalue weighted by Gasteiger charge is -2.28. The summed E-state index contributed by atoms with van der Waals surface area (Å²) in [5.74, 6) is -1.70. The van der Waals surface area contributed by atoms with Crippen molar-refractivity contribution in [2.75, 3.05) is 0 Å². The van der Waals surface area contributed by atoms with Crippen molar-refractivity contribution >= 4 is 17.5 Å². The van der Waals surface area contributed by atoms with Gasteiger partial charge in [-0.2, -0.15) is 0 Å². The van der Waals surface area contributed by atoms with E-state index >= 15 is 0 Å². The molecule has 0 aromatic heterocycles. The Balaban J connectivity index is 2.60. The Kier molecular flexibility index (Phi) is 5.45. The van der Waals surface area contributed by atoms with Gasteiger partial charge in [-0.05, 0) is 33.6 Å². The van der Waals surface area contributed by atoms with E-state index in [1.54, 1.807) is 27.7 Å². The van der Waals surface area contributed by atoms with E-state index in [0.29, 0.717) is 19.3 Å². The molecule has 2 atom stereocenters. The number of carbonyl (C=O) groups excluding carboxylic acids is 3. The molecule has 114 valence electrons. The first-order valence-electron chi connectivity index (χ1n) is 7.15. The number of hydrogen-bond donors (Lipinski definition) is 1. The minimum absolute atomic E-state index is 0.0925. The molecular formula is C15H25NO4. The van der Waals surface area contributed by atoms with Gasteiger partial charge >= 0.3 is 5.97 Å². The highest BCUT2D eigenvalue weighted by Crippen LogP contribution is 2.24. The lowest BCUT2D eigenvalue weighted by molar-refractivity contribution is -0.160. The summed E-state index contributed by atoms with van der Waals surface area (Å²) < 4.78 is 5.28. The van der Waals surface area contributed by atoms with Crippen molar-refractivity contribution in [2.24, 2.45) is 17.6 Å². The molecule has 5 nitrogen and oxygen atoms in total. The summed E-state index contributed by atoms with van der Waals surface area (Å²) in [6, 6.07) is -0.599. The quantitative estimate of drug-likeness (QED) is 0.626. The van der Waals surface area contributed by atoms with Crippen molar-refractivity contribution in [1.82, 2.24) is 0 Å². The van der Waals surface area contributed by atoms with Crippen LogP contribution in [0.25, 0.3) is 0 Å². The predicted molar refractivity (Wildman–Crippen MR) is 75.0 cm³/mol. The number of nitrogens with two attached hydrogens (primary N) is 1. The third-order valence-electron chi connectivity index (χ3n) is 3.40. The molecule has 0 aromatic rings. The average molecular weight is 283 g/mol. The van der Waals surface area contributed by atoms with Gasteiger partial charge in [-0.15, -0.1) is 0 Å². The van der Waals surface area contributed by atoms with Gasteiger partial charge in [0.15, 0.2) is 0 Å². The second-order valence-corrected chi connectivity index (χ2v) is 6.60. The maximum absolute atomic E-state index is 11.9. The normalized spacial score (nSPS) is 20.6. The first-order valence-corrected chi connectivity index (χ1v) is 7.15. The van der Waals surface area contributed by atoms with Gasteiger partial charge in [-0.25, -0.2) is 0 Å². The molecule has 0 spiro atoms. The minimum Gasteiger partial charge on any atom is -0.460 e. The number of esters is 1. The van der Waals surface area contributed by atoms with E-state index in [1.165, 1.54) is 0 Å². The topological polar surface area (TPSA) is 86.5 Å². The summed E-state index contributed by atoms with van der Waals surface area (Å²) in [4.78, 5) is 35.5. The molecule has 1 rings (SSSR count). The van der Waals surface area contributed by atoms with E-state index in [2.05, 4.69) is 0 Å². The van der Waals surface area contributed by atoms with Crippen LogP contribution in [0.3, 0.4) is 0 Å². The zero-order chi connectivity index (χ0) is 15.5. The smallest absolute Gasteiger partial charge is 0.309 e. The highest BCUT2D eigenvalue weighted by Gasteiger charge is 2.36. The molecule has 1 unspecified atom stereocenters. The van der Waals surface area contributed by atoms with Crippen LogP contribution in [0.5, 0.6) is 0 Å². The Bertz CT molecular complexity index is 381. The molecule has 0 amide bonds. The Morgan fingerprint density at radius 2 is 1.80 bits per heavy atom. The molecule has 1 fully saturated rings. The van der Waals surface area contributed by atoms with Crippen molar-refractivity contribution in [1.29, 1.82) is 0 Å². The van der Waals surface area contributed by atoms with Crippen molar-refractivity contribution in [3.05, 3.63) is 0 Å². The van der Waals surface area contributed by atoms with Crippen LogP contribution in [0.15, 0.2) is 0 Å². The van der Waals surface area contributed by atoms with Crippen LogP contribution in [0, 0.1) is 11.8 Å². The van der Waals surface area contributed by atoms with Gasteiger partial charge in [0.2, 0.25) is 0 Å².